The molecule has 0 unspecified atom stereocenters. The Balaban J connectivity index is 2.75. The molecule has 0 aliphatic rings. The molecule has 18 heavy (non-hydrogen) atoms. The Morgan fingerprint density at radius 3 is 2.61 bits per heavy atom. The number of carbonyl (C=O) groups is 1. The number of benzene rings is 1. The summed E-state index contributed by atoms with van der Waals surface area (Å²) in [6, 6.07) is 4.77. The summed E-state index contributed by atoms with van der Waals surface area (Å²) in [5, 5.41) is 1.79. The van der Waals surface area contributed by atoms with Crippen molar-refractivity contribution in [2.24, 2.45) is 0 Å². The zero-order valence-corrected chi connectivity index (χ0v) is 10.9. The molecule has 1 aromatic carbocycles. The lowest BCUT2D eigenvalue weighted by molar-refractivity contribution is -0.123. The minimum atomic E-state index is -4.23. The van der Waals surface area contributed by atoms with Crippen LogP contribution in [0.2, 0.25) is 0 Å². The number of nitrogens with one attached hydrogen (secondary N) is 1. The predicted octanol–water partition coefficient (Wildman–Crippen LogP) is 3.39. The van der Waals surface area contributed by atoms with Crippen LogP contribution in [0, 0.1) is 6.92 Å². The first kappa shape index (κ1) is 14.9. The van der Waals surface area contributed by atoms with Gasteiger partial charge in [-0.05, 0) is 35.0 Å². The van der Waals surface area contributed by atoms with Crippen LogP contribution in [0.3, 0.4) is 0 Å². The second-order valence-electron chi connectivity index (χ2n) is 3.73. The van der Waals surface area contributed by atoms with Crippen LogP contribution >= 0.6 is 15.9 Å². The van der Waals surface area contributed by atoms with Crippen molar-refractivity contribution in [3.63, 3.8) is 0 Å². The normalized spacial score (nSPS) is 11.7. The van der Waals surface area contributed by atoms with E-state index in [1.165, 1.54) is 6.07 Å². The van der Waals surface area contributed by atoms with Crippen LogP contribution in [0.25, 0.3) is 0 Å². The van der Waals surface area contributed by atoms with Gasteiger partial charge in [0, 0.05) is 4.47 Å². The monoisotopic (exact) mass is 327 g/mol. The van der Waals surface area contributed by atoms with Crippen molar-refractivity contribution in [3.8, 4) is 0 Å². The van der Waals surface area contributed by atoms with Crippen molar-refractivity contribution < 1.29 is 22.4 Å². The number of hydrogen-bond donors (Lipinski definition) is 1. The molecule has 0 atom stereocenters. The average molecular weight is 328 g/mol. The zero-order chi connectivity index (χ0) is 13.9. The highest BCUT2D eigenvalue weighted by molar-refractivity contribution is 9.10. The lowest BCUT2D eigenvalue weighted by atomic mass is 10.1. The highest BCUT2D eigenvalue weighted by atomic mass is 79.9. The third-order valence-corrected chi connectivity index (χ3v) is 2.86. The molecule has 0 aromatic heterocycles. The molecule has 2 nitrogen and oxygen atoms in total. The first-order chi connectivity index (χ1) is 8.24. The Morgan fingerprint density at radius 2 is 2.06 bits per heavy atom. The smallest absolute Gasteiger partial charge is 0.324 e. The van der Waals surface area contributed by atoms with Crippen LogP contribution < -0.4 is 5.32 Å². The molecule has 0 saturated heterocycles. The van der Waals surface area contributed by atoms with Gasteiger partial charge in [-0.1, -0.05) is 11.6 Å². The molecule has 100 valence electrons. The summed E-state index contributed by atoms with van der Waals surface area (Å²) in [7, 11) is 0. The van der Waals surface area contributed by atoms with E-state index in [1.54, 1.807) is 24.4 Å². The number of halogens is 5. The van der Waals surface area contributed by atoms with Gasteiger partial charge in [0.05, 0.1) is 12.1 Å². The van der Waals surface area contributed by atoms with Crippen molar-refractivity contribution >= 4 is 21.8 Å². The maximum absolute atomic E-state index is 12.6. The van der Waals surface area contributed by atoms with E-state index in [0.29, 0.717) is 4.47 Å². The average Bonchev–Trinajstić information content (AvgIpc) is 2.29. The zero-order valence-electron chi connectivity index (χ0n) is 9.31. The summed E-state index contributed by atoms with van der Waals surface area (Å²) in [4.78, 5) is 11.6. The van der Waals surface area contributed by atoms with Crippen molar-refractivity contribution in [2.75, 3.05) is 6.54 Å². The van der Waals surface area contributed by atoms with E-state index >= 15 is 0 Å². The van der Waals surface area contributed by atoms with Gasteiger partial charge in [-0.15, -0.1) is 0 Å². The number of aryl methyl sites for hydroxylation is 1. The molecule has 1 rings (SSSR count). The van der Waals surface area contributed by atoms with Crippen molar-refractivity contribution in [1.82, 2.24) is 5.32 Å². The Morgan fingerprint density at radius 1 is 1.44 bits per heavy atom. The number of hydrogen-bond acceptors (Lipinski definition) is 1. The van der Waals surface area contributed by atoms with E-state index < -0.39 is 24.8 Å². The molecule has 1 aromatic rings. The molecule has 0 aliphatic heterocycles. The topological polar surface area (TPSA) is 29.1 Å². The van der Waals surface area contributed by atoms with Crippen LogP contribution in [0.5, 0.6) is 0 Å². The fraction of sp³-hybridized carbons (Fsp3) is 0.364. The fourth-order valence-electron chi connectivity index (χ4n) is 1.18. The fourth-order valence-corrected chi connectivity index (χ4v) is 1.61. The van der Waals surface area contributed by atoms with Gasteiger partial charge in [0.1, 0.15) is 0 Å². The number of rotatable bonds is 4. The van der Waals surface area contributed by atoms with E-state index in [9.17, 15) is 22.4 Å². The number of amides is 1. The predicted molar refractivity (Wildman–Crippen MR) is 62.2 cm³/mol. The number of carbonyl (C=O) groups excluding carboxylic acids is 1. The summed E-state index contributed by atoms with van der Waals surface area (Å²) in [6.45, 7) is 0.320. The largest absolute Gasteiger partial charge is 0.346 e. The second-order valence-corrected chi connectivity index (χ2v) is 4.58. The maximum atomic E-state index is 12.6. The van der Waals surface area contributed by atoms with E-state index in [-0.39, 0.29) is 5.56 Å². The first-order valence-corrected chi connectivity index (χ1v) is 5.73. The van der Waals surface area contributed by atoms with Crippen LogP contribution in [0.15, 0.2) is 22.7 Å². The standard InChI is InChI=1S/C11H10BrF4NO/c1-6-2-3-8(12)7(4-6)9(18)17-5-11(15,16)10(13)14/h2-4,10H,5H2,1H3,(H,17,18). The van der Waals surface area contributed by atoms with Gasteiger partial charge < -0.3 is 5.32 Å². The molecule has 7 heteroatoms. The van der Waals surface area contributed by atoms with Gasteiger partial charge in [-0.2, -0.15) is 8.78 Å². The molecule has 1 amide bonds. The van der Waals surface area contributed by atoms with Gasteiger partial charge in [0.25, 0.3) is 5.91 Å². The van der Waals surface area contributed by atoms with Crippen LogP contribution in [0.4, 0.5) is 17.6 Å². The second kappa shape index (κ2) is 5.69. The Kier molecular flexibility index (Phi) is 4.72. The molecule has 0 spiro atoms. The third-order valence-electron chi connectivity index (χ3n) is 2.17. The Labute approximate surface area is 109 Å². The van der Waals surface area contributed by atoms with E-state index in [1.807, 2.05) is 0 Å². The van der Waals surface area contributed by atoms with Gasteiger partial charge >= 0.3 is 12.3 Å². The highest BCUT2D eigenvalue weighted by Gasteiger charge is 2.40. The summed E-state index contributed by atoms with van der Waals surface area (Å²) in [5.74, 6) is -5.06. The van der Waals surface area contributed by atoms with Gasteiger partial charge in [0.15, 0.2) is 0 Å². The lowest BCUT2D eigenvalue weighted by Gasteiger charge is -2.16. The quantitative estimate of drug-likeness (QED) is 0.844. The van der Waals surface area contributed by atoms with Gasteiger partial charge in [0.2, 0.25) is 0 Å². The maximum Gasteiger partial charge on any atom is 0.324 e. The van der Waals surface area contributed by atoms with Crippen molar-refractivity contribution in [2.45, 2.75) is 19.3 Å². The minimum absolute atomic E-state index is 0.125. The highest BCUT2D eigenvalue weighted by Crippen LogP contribution is 2.22. The number of alkyl halides is 4. The Bertz CT molecular complexity index is 451. The lowest BCUT2D eigenvalue weighted by Crippen LogP contribution is -2.41. The van der Waals surface area contributed by atoms with Crippen LogP contribution in [0.1, 0.15) is 15.9 Å². The molecule has 0 heterocycles. The molecule has 0 saturated carbocycles. The summed E-state index contributed by atoms with van der Waals surface area (Å²) < 4.78 is 49.5. The molecule has 0 fully saturated rings. The van der Waals surface area contributed by atoms with Crippen molar-refractivity contribution in [3.05, 3.63) is 33.8 Å². The first-order valence-electron chi connectivity index (χ1n) is 4.94. The molecule has 0 bridgehead atoms. The molecular weight excluding hydrogens is 318 g/mol. The molecule has 0 aliphatic carbocycles. The Hall–Kier alpha value is -1.11. The summed E-state index contributed by atoms with van der Waals surface area (Å²) in [6.07, 6.45) is -3.81. The SMILES string of the molecule is Cc1ccc(Br)c(C(=O)NCC(F)(F)C(F)F)c1. The van der Waals surface area contributed by atoms with Crippen LogP contribution in [-0.4, -0.2) is 24.8 Å². The van der Waals surface area contributed by atoms with E-state index in [0.717, 1.165) is 5.56 Å². The van der Waals surface area contributed by atoms with Gasteiger partial charge in [-0.25, -0.2) is 8.78 Å². The summed E-state index contributed by atoms with van der Waals surface area (Å²) >= 11 is 3.08. The third kappa shape index (κ3) is 3.69. The molecule has 0 radical (unpaired) electrons. The summed E-state index contributed by atoms with van der Waals surface area (Å²) in [5.41, 5.74) is 0.879. The van der Waals surface area contributed by atoms with E-state index in [2.05, 4.69) is 15.9 Å². The minimum Gasteiger partial charge on any atom is -0.346 e. The van der Waals surface area contributed by atoms with E-state index in [4.69, 9.17) is 0 Å². The van der Waals surface area contributed by atoms with Gasteiger partial charge in [-0.3, -0.25) is 4.79 Å². The molecular formula is C11H10BrF4NO. The molecule has 1 N–H and O–H groups in total. The van der Waals surface area contributed by atoms with Crippen molar-refractivity contribution in [1.29, 1.82) is 0 Å². The van der Waals surface area contributed by atoms with Crippen LogP contribution in [-0.2, 0) is 0 Å².